The predicted molar refractivity (Wildman–Crippen MR) is 199 cm³/mol. The van der Waals surface area contributed by atoms with Crippen LogP contribution in [0.25, 0.3) is 23.3 Å². The van der Waals surface area contributed by atoms with Gasteiger partial charge in [-0.25, -0.2) is 12.1 Å². The van der Waals surface area contributed by atoms with Gasteiger partial charge in [0.25, 0.3) is 0 Å². The first-order valence-electron chi connectivity index (χ1n) is 17.0. The van der Waals surface area contributed by atoms with Gasteiger partial charge >= 0.3 is 108 Å². The number of fused-ring (bicyclic) bond motifs is 5. The van der Waals surface area contributed by atoms with Gasteiger partial charge in [-0.1, -0.05) is 90.5 Å². The van der Waals surface area contributed by atoms with Gasteiger partial charge in [0.1, 0.15) is 0 Å². The zero-order chi connectivity index (χ0) is 35.3. The van der Waals surface area contributed by atoms with Crippen LogP contribution in [0.1, 0.15) is 104 Å². The van der Waals surface area contributed by atoms with Gasteiger partial charge in [-0.3, -0.25) is 6.08 Å². The summed E-state index contributed by atoms with van der Waals surface area (Å²) < 4.78 is 26.6. The number of allylic oxidation sites excluding steroid dienone is 2. The summed E-state index contributed by atoms with van der Waals surface area (Å²) in [4.78, 5) is 0. The van der Waals surface area contributed by atoms with Gasteiger partial charge in [0.15, 0.2) is 0 Å². The molecule has 0 nitrogen and oxygen atoms in total. The van der Waals surface area contributed by atoms with E-state index in [1.165, 1.54) is 104 Å². The van der Waals surface area contributed by atoms with Crippen LogP contribution in [0.2, 0.25) is 0 Å². The Balaban J connectivity index is 0.000000183. The van der Waals surface area contributed by atoms with E-state index in [1.54, 1.807) is 24.3 Å². The summed E-state index contributed by atoms with van der Waals surface area (Å²) in [7, 11) is 0. The number of aryl methyl sites for hydroxylation is 1. The molecule has 5 aromatic carbocycles. The summed E-state index contributed by atoms with van der Waals surface area (Å²) in [6.45, 7) is 18.0. The Morgan fingerprint density at radius 3 is 1.73 bits per heavy atom. The molecule has 0 bridgehead atoms. The van der Waals surface area contributed by atoms with Gasteiger partial charge in [-0.05, 0) is 45.9 Å². The van der Waals surface area contributed by atoms with E-state index in [4.69, 9.17) is 0 Å². The third-order valence-corrected chi connectivity index (χ3v) is 11.3. The van der Waals surface area contributed by atoms with E-state index in [1.807, 2.05) is 0 Å². The van der Waals surface area contributed by atoms with Crippen LogP contribution in [0.4, 0.5) is 8.78 Å². The van der Waals surface area contributed by atoms with Gasteiger partial charge in [0.2, 0.25) is 0 Å². The van der Waals surface area contributed by atoms with Crippen LogP contribution in [0, 0.1) is 24.6 Å². The van der Waals surface area contributed by atoms with E-state index in [9.17, 15) is 8.78 Å². The Labute approximate surface area is 330 Å². The van der Waals surface area contributed by atoms with Crippen LogP contribution in [0.3, 0.4) is 0 Å². The van der Waals surface area contributed by atoms with Crippen LogP contribution in [0.15, 0.2) is 97.1 Å². The molecule has 0 fully saturated rings. The fourth-order valence-corrected chi connectivity index (χ4v) is 7.65. The molecule has 262 valence electrons. The van der Waals surface area contributed by atoms with Gasteiger partial charge in [-0.15, -0.1) is 11.6 Å². The van der Waals surface area contributed by atoms with Crippen molar-refractivity contribution in [2.24, 2.45) is 0 Å². The maximum absolute atomic E-state index is 12.8. The van der Waals surface area contributed by atoms with Crippen LogP contribution in [-0.4, -0.2) is 3.21 Å². The molecule has 3 aliphatic carbocycles. The second-order valence-corrected chi connectivity index (χ2v) is 16.9. The molecule has 0 saturated carbocycles. The molecule has 8 rings (SSSR count). The summed E-state index contributed by atoms with van der Waals surface area (Å²) in [6, 6.07) is 29.0. The Hall–Kier alpha value is -3.10. The van der Waals surface area contributed by atoms with Crippen molar-refractivity contribution in [3.8, 4) is 11.1 Å². The van der Waals surface area contributed by atoms with Crippen LogP contribution < -0.4 is 24.8 Å². The average molecular weight is 797 g/mol. The zero-order valence-electron chi connectivity index (χ0n) is 30.6. The maximum Gasteiger partial charge on any atom is -1.00 e. The van der Waals surface area contributed by atoms with Gasteiger partial charge < -0.3 is 24.8 Å². The van der Waals surface area contributed by atoms with Crippen molar-refractivity contribution in [1.82, 2.24) is 0 Å². The van der Waals surface area contributed by atoms with Crippen molar-refractivity contribution in [1.29, 1.82) is 0 Å². The van der Waals surface area contributed by atoms with E-state index >= 15 is 0 Å². The van der Waals surface area contributed by atoms with E-state index in [-0.39, 0.29) is 47.3 Å². The minimum Gasteiger partial charge on any atom is -1.00 e. The van der Waals surface area contributed by atoms with Crippen LogP contribution in [0.5, 0.6) is 0 Å². The Morgan fingerprint density at radius 2 is 1.25 bits per heavy atom. The van der Waals surface area contributed by atoms with Crippen molar-refractivity contribution < 1.29 is 57.8 Å². The first-order valence-corrected chi connectivity index (χ1v) is 18.2. The van der Waals surface area contributed by atoms with E-state index < -0.39 is 0 Å². The standard InChI is InChI=1S/C23H21.C13H8F2.C10H15.2ClH.Zr/c1-22(2)7-5-14-10-18-16(12-20(14)22)9-17-13-21-15(11-19(17)18)6-8-23(21,3)4;14-12-5-1-10(2-6-12)9-11-3-7-13(15)8-4-11;1-8-5-6-9(7-8)10(2,3)4;;;/h5-7,10-13H,9H2,1-4H3;1-8H;5-7H,1-4H3;2*1H;/q-1;;-1;;;+2/p-2. The third kappa shape index (κ3) is 8.76. The smallest absolute Gasteiger partial charge is 1.00 e. The largest absolute Gasteiger partial charge is 1.00 e. The number of halogens is 4. The summed E-state index contributed by atoms with van der Waals surface area (Å²) >= 11 is 1.22. The zero-order valence-corrected chi connectivity index (χ0v) is 34.6. The normalized spacial score (nSPS) is 14.7. The number of hydrogen-bond acceptors (Lipinski definition) is 0. The topological polar surface area (TPSA) is 0 Å². The first-order chi connectivity index (χ1) is 23.0. The van der Waals surface area contributed by atoms with Crippen molar-refractivity contribution in [3.05, 3.63) is 170 Å². The molecule has 0 N–H and O–H groups in total. The van der Waals surface area contributed by atoms with Gasteiger partial charge in [-0.2, -0.15) is 28.8 Å². The first kappa shape index (κ1) is 40.7. The number of rotatable bonds is 2. The molecule has 0 heterocycles. The maximum atomic E-state index is 12.8. The molecule has 3 aliphatic rings. The number of hydrogen-bond donors (Lipinski definition) is 0. The molecule has 0 radical (unpaired) electrons. The van der Waals surface area contributed by atoms with Crippen molar-refractivity contribution in [3.63, 3.8) is 0 Å². The van der Waals surface area contributed by atoms with E-state index in [0.29, 0.717) is 5.41 Å². The molecule has 5 heteroatoms. The summed E-state index contributed by atoms with van der Waals surface area (Å²) in [5, 5.41) is 0. The molecule has 0 spiro atoms. The molecular weight excluding hydrogens is 753 g/mol. The Bertz CT molecular complexity index is 1980. The van der Waals surface area contributed by atoms with Crippen molar-refractivity contribution in [2.45, 2.75) is 78.1 Å². The third-order valence-electron chi connectivity index (χ3n) is 9.90. The van der Waals surface area contributed by atoms with Crippen LogP contribution in [-0.2, 0) is 46.9 Å². The Kier molecular flexibility index (Phi) is 12.3. The molecular formula is C46H44Cl2F2Zr-2. The van der Waals surface area contributed by atoms with Gasteiger partial charge in [0.05, 0.1) is 0 Å². The molecule has 5 aromatic rings. The summed E-state index contributed by atoms with van der Waals surface area (Å²) in [5.74, 6) is -0.488. The molecule has 0 saturated heterocycles. The minimum absolute atomic E-state index is 0. The second kappa shape index (κ2) is 15.5. The van der Waals surface area contributed by atoms with E-state index in [2.05, 4.69) is 122 Å². The Morgan fingerprint density at radius 1 is 0.745 bits per heavy atom. The molecule has 0 unspecified atom stereocenters. The average Bonchev–Trinajstić information content (AvgIpc) is 3.80. The SMILES string of the molecule is CC1(C)[C-]=Cc2cc3c(cc21)Cc1cc2c(cc1-3)C=CC2(C)C.Cc1cc(C(C)(C)C)c[cH-]1.Fc1ccc([C](=[Zr+2])c2ccc(F)cc2)cc1.[Cl-].[Cl-]. The quantitative estimate of drug-likeness (QED) is 0.196. The summed E-state index contributed by atoms with van der Waals surface area (Å²) in [6.07, 6.45) is 11.4. The fraction of sp³-hybridized carbons (Fsp3) is 0.261. The minimum atomic E-state index is -0.244. The van der Waals surface area contributed by atoms with Crippen molar-refractivity contribution in [2.75, 3.05) is 0 Å². The molecule has 0 aliphatic heterocycles. The molecule has 51 heavy (non-hydrogen) atoms. The molecule has 0 amide bonds. The van der Waals surface area contributed by atoms with E-state index in [0.717, 1.165) is 20.8 Å². The van der Waals surface area contributed by atoms with Crippen molar-refractivity contribution >= 4 is 15.4 Å². The molecule has 0 aromatic heterocycles. The number of benzene rings is 4. The second-order valence-electron chi connectivity index (χ2n) is 15.7. The summed E-state index contributed by atoms with van der Waals surface area (Å²) in [5.41, 5.74) is 16.8. The van der Waals surface area contributed by atoms with Gasteiger partial charge in [0, 0.05) is 5.41 Å². The molecule has 0 atom stereocenters. The van der Waals surface area contributed by atoms with Crippen LogP contribution >= 0.6 is 0 Å². The fourth-order valence-electron chi connectivity index (χ4n) is 6.83. The predicted octanol–water partition coefficient (Wildman–Crippen LogP) is 5.77. The monoisotopic (exact) mass is 794 g/mol.